The molecule has 0 unspecified atom stereocenters. The first-order valence-corrected chi connectivity index (χ1v) is 13.9. The predicted octanol–water partition coefficient (Wildman–Crippen LogP) is -3.42. The van der Waals surface area contributed by atoms with Gasteiger partial charge in [0.1, 0.15) is 24.7 Å². The number of H-pyrrole nitrogens is 1. The molecule has 0 radical (unpaired) electrons. The van der Waals surface area contributed by atoms with Gasteiger partial charge in [0.2, 0.25) is 0 Å². The van der Waals surface area contributed by atoms with Gasteiger partial charge in [-0.25, -0.2) is 0 Å². The second-order valence-corrected chi connectivity index (χ2v) is 10.3. The Labute approximate surface area is 266 Å². The number of aromatic nitrogens is 1. The monoisotopic (exact) mass is 644 g/mol. The van der Waals surface area contributed by atoms with Crippen molar-refractivity contribution in [2.75, 3.05) is 49.2 Å². The molecule has 0 saturated carbocycles. The van der Waals surface area contributed by atoms with E-state index in [-0.39, 0.29) is 41.7 Å². The van der Waals surface area contributed by atoms with Gasteiger partial charge in [0.05, 0.1) is 67.4 Å². The lowest BCUT2D eigenvalue weighted by molar-refractivity contribution is -0.307. The Hall–Kier alpha value is -6.25. The molecule has 1 heterocycles. The van der Waals surface area contributed by atoms with Gasteiger partial charge in [-0.15, -0.1) is 0 Å². The van der Waals surface area contributed by atoms with Gasteiger partial charge in [-0.2, -0.15) is 0 Å². The average molecular weight is 645 g/mol. The number of ether oxygens (including phenoxy) is 2. The number of rotatable bonds is 17. The molecule has 0 bridgehead atoms. The molecule has 4 rings (SSSR count). The highest BCUT2D eigenvalue weighted by molar-refractivity contribution is 5.94. The van der Waals surface area contributed by atoms with Crippen LogP contribution in [0.3, 0.4) is 0 Å². The molecule has 4 aromatic rings. The second-order valence-electron chi connectivity index (χ2n) is 10.3. The minimum atomic E-state index is -1.56. The summed E-state index contributed by atoms with van der Waals surface area (Å²) >= 11 is 0. The van der Waals surface area contributed by atoms with Crippen LogP contribution in [0.5, 0.6) is 11.5 Å². The van der Waals surface area contributed by atoms with E-state index < -0.39 is 56.0 Å². The summed E-state index contributed by atoms with van der Waals surface area (Å²) in [5.41, 5.74) is 2.43. The summed E-state index contributed by atoms with van der Waals surface area (Å²) < 4.78 is 11.8. The maximum absolute atomic E-state index is 11.4. The van der Waals surface area contributed by atoms with Gasteiger partial charge >= 0.3 is 0 Å². The van der Waals surface area contributed by atoms with E-state index in [0.717, 1.165) is 9.80 Å². The fourth-order valence-corrected chi connectivity index (χ4v) is 4.85. The summed E-state index contributed by atoms with van der Waals surface area (Å²) in [5, 5.41) is 57.4. The van der Waals surface area contributed by atoms with E-state index in [1.807, 2.05) is 0 Å². The highest BCUT2D eigenvalue weighted by Crippen LogP contribution is 2.35. The van der Waals surface area contributed by atoms with E-state index in [4.69, 9.17) is 9.47 Å². The highest BCUT2D eigenvalue weighted by atomic mass is 16.5. The van der Waals surface area contributed by atoms with Gasteiger partial charge in [0.25, 0.3) is 0 Å². The maximum Gasteiger partial charge on any atom is 0.143 e. The van der Waals surface area contributed by atoms with Crippen molar-refractivity contribution in [3.05, 3.63) is 71.8 Å². The van der Waals surface area contributed by atoms with Crippen LogP contribution in [0.2, 0.25) is 0 Å². The van der Waals surface area contributed by atoms with Crippen molar-refractivity contribution < 1.29 is 59.0 Å². The lowest BCUT2D eigenvalue weighted by atomic mass is 10.1. The zero-order chi connectivity index (χ0) is 34.2. The lowest BCUT2D eigenvalue weighted by Crippen LogP contribution is -2.44. The van der Waals surface area contributed by atoms with Gasteiger partial charge in [-0.3, -0.25) is 0 Å². The normalized spacial score (nSPS) is 10.7. The molecule has 15 nitrogen and oxygen atoms in total. The largest absolute Gasteiger partial charge is 0.548 e. The molecule has 0 aliphatic heterocycles. The molecule has 0 amide bonds. The number of carboxylic acid groups (broad SMARTS) is 5. The lowest BCUT2D eigenvalue weighted by Gasteiger charge is -2.28. The van der Waals surface area contributed by atoms with E-state index in [0.29, 0.717) is 27.7 Å². The molecular formula is C32H26N3O12-5. The number of aromatic amines is 1. The maximum atomic E-state index is 11.4. The average Bonchev–Trinajstić information content (AvgIpc) is 3.41. The first-order valence-electron chi connectivity index (χ1n) is 13.9. The van der Waals surface area contributed by atoms with E-state index in [1.165, 1.54) is 30.3 Å². The van der Waals surface area contributed by atoms with Gasteiger partial charge in [0.15, 0.2) is 0 Å². The molecule has 0 spiro atoms. The van der Waals surface area contributed by atoms with Gasteiger partial charge < -0.3 is 73.8 Å². The Balaban J connectivity index is 1.63. The molecule has 0 aliphatic carbocycles. The number of carbonyl (C=O) groups is 5. The summed E-state index contributed by atoms with van der Waals surface area (Å²) in [7, 11) is 0. The summed E-state index contributed by atoms with van der Waals surface area (Å²) in [5.74, 6) is -7.35. The quantitative estimate of drug-likeness (QED) is 0.110. The number of aliphatic carboxylic acids is 4. The van der Waals surface area contributed by atoms with Crippen molar-refractivity contribution in [1.82, 2.24) is 4.98 Å². The minimum absolute atomic E-state index is 0.0374. The van der Waals surface area contributed by atoms with Crippen LogP contribution in [0.15, 0.2) is 60.7 Å². The predicted molar refractivity (Wildman–Crippen MR) is 155 cm³/mol. The SMILES string of the molecule is Cc1ccc(N(CC(=O)[O-])CC(=O)[O-])c(OCCOc2cc(-c3cc4ccc(C(=O)[O-])cc4[nH]3)ccc2N(CC(=O)[O-])CC(=O)[O-])c1. The Morgan fingerprint density at radius 3 is 1.66 bits per heavy atom. The third-order valence-corrected chi connectivity index (χ3v) is 6.80. The van der Waals surface area contributed by atoms with Crippen LogP contribution in [0, 0.1) is 6.92 Å². The van der Waals surface area contributed by atoms with Crippen LogP contribution in [-0.2, 0) is 19.2 Å². The molecule has 0 atom stereocenters. The van der Waals surface area contributed by atoms with Crippen molar-refractivity contribution >= 4 is 52.1 Å². The number of carboxylic acids is 5. The molecule has 3 aromatic carbocycles. The third kappa shape index (κ3) is 8.91. The van der Waals surface area contributed by atoms with Gasteiger partial charge in [-0.05, 0) is 54.4 Å². The van der Waals surface area contributed by atoms with E-state index >= 15 is 0 Å². The molecule has 0 fully saturated rings. The number of nitrogens with zero attached hydrogens (tertiary/aromatic N) is 2. The number of aryl methyl sites for hydroxylation is 1. The number of hydrogen-bond acceptors (Lipinski definition) is 14. The van der Waals surface area contributed by atoms with Crippen LogP contribution in [0.4, 0.5) is 11.4 Å². The van der Waals surface area contributed by atoms with Crippen LogP contribution in [0.1, 0.15) is 15.9 Å². The molecule has 47 heavy (non-hydrogen) atoms. The Bertz CT molecular complexity index is 1800. The fourth-order valence-electron chi connectivity index (χ4n) is 4.85. The zero-order valence-corrected chi connectivity index (χ0v) is 24.8. The molecule has 1 aromatic heterocycles. The number of aromatic carboxylic acids is 1. The second kappa shape index (κ2) is 14.7. The van der Waals surface area contributed by atoms with Gasteiger partial charge in [0, 0.05) is 22.2 Å². The van der Waals surface area contributed by atoms with Crippen molar-refractivity contribution in [3.8, 4) is 22.8 Å². The summed E-state index contributed by atoms with van der Waals surface area (Å²) in [6, 6.07) is 15.3. The summed E-state index contributed by atoms with van der Waals surface area (Å²) in [4.78, 5) is 61.8. The number of benzene rings is 3. The Kier molecular flexibility index (Phi) is 10.5. The minimum Gasteiger partial charge on any atom is -0.548 e. The van der Waals surface area contributed by atoms with Gasteiger partial charge in [-0.1, -0.05) is 24.3 Å². The number of anilines is 2. The molecule has 246 valence electrons. The summed E-state index contributed by atoms with van der Waals surface area (Å²) in [6.45, 7) is -1.76. The number of carbonyl (C=O) groups excluding carboxylic acids is 5. The van der Waals surface area contributed by atoms with Crippen molar-refractivity contribution in [2.45, 2.75) is 6.92 Å². The molecule has 0 aliphatic rings. The van der Waals surface area contributed by atoms with Crippen molar-refractivity contribution in [3.63, 3.8) is 0 Å². The number of fused-ring (bicyclic) bond motifs is 1. The van der Waals surface area contributed by atoms with E-state index in [9.17, 15) is 49.5 Å². The molecular weight excluding hydrogens is 618 g/mol. The topological polar surface area (TPSA) is 241 Å². The molecule has 15 heteroatoms. The Morgan fingerprint density at radius 2 is 1.15 bits per heavy atom. The van der Waals surface area contributed by atoms with Crippen molar-refractivity contribution in [2.24, 2.45) is 0 Å². The standard InChI is InChI=1S/C32H31N3O12/c1-18-2-6-24(34(14-28(36)37)15-29(38)39)26(10-18)46-8-9-47-27-13-20(5-7-25(27)35(16-30(40)41)17-31(42)43)22-11-19-3-4-21(32(44)45)12-23(19)33-22/h2-7,10-13,33H,8-9,14-17H2,1H3,(H,36,37)(H,38,39)(H,40,41)(H,42,43)(H,44,45)/p-5. The van der Waals surface area contributed by atoms with E-state index in [1.54, 1.807) is 37.3 Å². The zero-order valence-electron chi connectivity index (χ0n) is 24.8. The summed E-state index contributed by atoms with van der Waals surface area (Å²) in [6.07, 6.45) is 0. The molecule has 0 saturated heterocycles. The van der Waals surface area contributed by atoms with Crippen LogP contribution in [0.25, 0.3) is 22.2 Å². The van der Waals surface area contributed by atoms with Crippen LogP contribution < -0.4 is 44.8 Å². The van der Waals surface area contributed by atoms with Crippen LogP contribution >= 0.6 is 0 Å². The van der Waals surface area contributed by atoms with E-state index in [2.05, 4.69) is 4.98 Å². The highest BCUT2D eigenvalue weighted by Gasteiger charge is 2.17. The third-order valence-electron chi connectivity index (χ3n) is 6.80. The van der Waals surface area contributed by atoms with Crippen molar-refractivity contribution in [1.29, 1.82) is 0 Å². The Morgan fingerprint density at radius 1 is 0.638 bits per heavy atom. The smallest absolute Gasteiger partial charge is 0.143 e. The first kappa shape index (κ1) is 33.6. The van der Waals surface area contributed by atoms with Crippen LogP contribution in [-0.4, -0.2) is 74.2 Å². The first-order chi connectivity index (χ1) is 22.3. The molecule has 1 N–H and O–H groups in total. The number of hydrogen-bond donors (Lipinski definition) is 1. The number of nitrogens with one attached hydrogen (secondary N) is 1. The fraction of sp³-hybridized carbons (Fsp3) is 0.219.